The molecule has 0 amide bonds. The van der Waals surface area contributed by atoms with Gasteiger partial charge in [0.1, 0.15) is 7.85 Å². The van der Waals surface area contributed by atoms with Crippen LogP contribution in [0.3, 0.4) is 0 Å². The van der Waals surface area contributed by atoms with Gasteiger partial charge in [-0.3, -0.25) is 4.68 Å². The Morgan fingerprint density at radius 3 is 2.08 bits per heavy atom. The second kappa shape index (κ2) is 2.91. The van der Waals surface area contributed by atoms with Gasteiger partial charge in [0.05, 0.1) is 10.2 Å². The third-order valence-corrected chi connectivity index (χ3v) is 2.52. The first kappa shape index (κ1) is 9.84. The topological polar surface area (TPSA) is 17.8 Å². The van der Waals surface area contributed by atoms with Crippen molar-refractivity contribution in [1.29, 1.82) is 0 Å². The van der Waals surface area contributed by atoms with Crippen molar-refractivity contribution in [2.45, 2.75) is 26.2 Å². The summed E-state index contributed by atoms with van der Waals surface area (Å²) in [4.78, 5) is 0. The highest BCUT2D eigenvalue weighted by molar-refractivity contribution is 9.10. The summed E-state index contributed by atoms with van der Waals surface area (Å²) < 4.78 is 2.60. The smallest absolute Gasteiger partial charge is 0.142 e. The van der Waals surface area contributed by atoms with Crippen LogP contribution in [0.4, 0.5) is 0 Å². The van der Waals surface area contributed by atoms with Crippen molar-refractivity contribution in [3.8, 4) is 0 Å². The minimum Gasteiger partial charge on any atom is -0.282 e. The van der Waals surface area contributed by atoms with E-state index in [2.05, 4.69) is 41.8 Å². The summed E-state index contributed by atoms with van der Waals surface area (Å²) in [6, 6.07) is 0. The Bertz CT molecular complexity index is 299. The number of aromatic nitrogens is 2. The van der Waals surface area contributed by atoms with Crippen molar-refractivity contribution in [1.82, 2.24) is 9.78 Å². The maximum Gasteiger partial charge on any atom is 0.142 e. The van der Waals surface area contributed by atoms with Crippen LogP contribution in [0.15, 0.2) is 4.47 Å². The molecule has 1 rings (SSSR count). The number of rotatable bonds is 0. The van der Waals surface area contributed by atoms with Gasteiger partial charge >= 0.3 is 0 Å². The Morgan fingerprint density at radius 2 is 1.92 bits per heavy atom. The Hall–Kier alpha value is -0.245. The zero-order valence-corrected chi connectivity index (χ0v) is 9.44. The predicted molar refractivity (Wildman–Crippen MR) is 55.0 cm³/mol. The molecule has 1 aromatic rings. The molecule has 0 aliphatic carbocycles. The average Bonchev–Trinajstić information content (AvgIpc) is 2.15. The maximum atomic E-state index is 5.75. The van der Waals surface area contributed by atoms with Crippen LogP contribution in [-0.2, 0) is 12.5 Å². The van der Waals surface area contributed by atoms with Crippen LogP contribution in [-0.4, -0.2) is 17.6 Å². The molecule has 0 saturated heterocycles. The van der Waals surface area contributed by atoms with Crippen molar-refractivity contribution in [2.24, 2.45) is 7.05 Å². The molecule has 1 aromatic heterocycles. The number of hydrogen-bond donors (Lipinski definition) is 0. The standard InChI is InChI=1S/C8H12BBrN2/c1-8(2,3)6-5(10)7(9)12(4)11-6/h1-4H3. The largest absolute Gasteiger partial charge is 0.282 e. The molecule has 0 fully saturated rings. The first-order valence-corrected chi connectivity index (χ1v) is 4.62. The third-order valence-electron chi connectivity index (χ3n) is 1.74. The first-order valence-electron chi connectivity index (χ1n) is 3.82. The minimum atomic E-state index is 0.0359. The zero-order valence-electron chi connectivity index (χ0n) is 7.85. The fourth-order valence-electron chi connectivity index (χ4n) is 0.990. The van der Waals surface area contributed by atoms with E-state index in [-0.39, 0.29) is 5.41 Å². The van der Waals surface area contributed by atoms with Gasteiger partial charge in [0, 0.05) is 12.5 Å². The SMILES string of the molecule is [B]c1c(Br)c(C(C)(C)C)nn1C. The summed E-state index contributed by atoms with van der Waals surface area (Å²) in [7, 11) is 7.60. The summed E-state index contributed by atoms with van der Waals surface area (Å²) in [6.07, 6.45) is 0. The van der Waals surface area contributed by atoms with Gasteiger partial charge in [0.25, 0.3) is 0 Å². The van der Waals surface area contributed by atoms with Crippen LogP contribution < -0.4 is 5.59 Å². The Morgan fingerprint density at radius 1 is 1.42 bits per heavy atom. The second-order valence-corrected chi connectivity index (χ2v) is 4.71. The third kappa shape index (κ3) is 1.58. The maximum absolute atomic E-state index is 5.75. The fraction of sp³-hybridized carbons (Fsp3) is 0.625. The molecular weight excluding hydrogens is 215 g/mol. The van der Waals surface area contributed by atoms with E-state index in [0.717, 1.165) is 10.2 Å². The van der Waals surface area contributed by atoms with Crippen LogP contribution in [0.25, 0.3) is 0 Å². The minimum absolute atomic E-state index is 0.0359. The number of hydrogen-bond acceptors (Lipinski definition) is 1. The summed E-state index contributed by atoms with van der Waals surface area (Å²) in [5.74, 6) is 0. The van der Waals surface area contributed by atoms with Crippen molar-refractivity contribution < 1.29 is 0 Å². The fourth-order valence-corrected chi connectivity index (χ4v) is 1.92. The molecule has 0 aliphatic heterocycles. The van der Waals surface area contributed by atoms with E-state index in [1.54, 1.807) is 4.68 Å². The monoisotopic (exact) mass is 226 g/mol. The van der Waals surface area contributed by atoms with Crippen LogP contribution in [0.5, 0.6) is 0 Å². The Kier molecular flexibility index (Phi) is 2.39. The van der Waals surface area contributed by atoms with E-state index in [0.29, 0.717) is 5.59 Å². The quantitative estimate of drug-likeness (QED) is 0.610. The van der Waals surface area contributed by atoms with E-state index >= 15 is 0 Å². The second-order valence-electron chi connectivity index (χ2n) is 3.92. The van der Waals surface area contributed by atoms with Crippen LogP contribution in [0, 0.1) is 0 Å². The van der Waals surface area contributed by atoms with Crippen molar-refractivity contribution in [3.63, 3.8) is 0 Å². The zero-order chi connectivity index (χ0) is 9.52. The Balaban J connectivity index is 3.28. The molecule has 0 atom stereocenters. The van der Waals surface area contributed by atoms with Gasteiger partial charge in [-0.2, -0.15) is 5.10 Å². The first-order chi connectivity index (χ1) is 5.34. The van der Waals surface area contributed by atoms with Gasteiger partial charge in [-0.15, -0.1) is 0 Å². The van der Waals surface area contributed by atoms with Crippen LogP contribution in [0.1, 0.15) is 26.5 Å². The van der Waals surface area contributed by atoms with E-state index in [4.69, 9.17) is 7.85 Å². The van der Waals surface area contributed by atoms with Gasteiger partial charge in [-0.25, -0.2) is 0 Å². The molecule has 1 heterocycles. The number of nitrogens with zero attached hydrogens (tertiary/aromatic N) is 2. The molecule has 12 heavy (non-hydrogen) atoms. The van der Waals surface area contributed by atoms with Crippen molar-refractivity contribution in [2.75, 3.05) is 0 Å². The lowest BCUT2D eigenvalue weighted by Crippen LogP contribution is -2.14. The van der Waals surface area contributed by atoms with Crippen LogP contribution >= 0.6 is 15.9 Å². The highest BCUT2D eigenvalue weighted by Gasteiger charge is 2.22. The summed E-state index contributed by atoms with van der Waals surface area (Å²) in [6.45, 7) is 6.33. The van der Waals surface area contributed by atoms with Crippen molar-refractivity contribution in [3.05, 3.63) is 10.2 Å². The number of halogens is 1. The molecule has 0 aliphatic rings. The normalized spacial score (nSPS) is 12.1. The lowest BCUT2D eigenvalue weighted by Gasteiger charge is -2.15. The molecular formula is C8H12BBrN2. The van der Waals surface area contributed by atoms with Gasteiger partial charge in [0.15, 0.2) is 0 Å². The van der Waals surface area contributed by atoms with Gasteiger partial charge in [0.2, 0.25) is 0 Å². The summed E-state index contributed by atoms with van der Waals surface area (Å²) in [5.41, 5.74) is 1.72. The molecule has 2 radical (unpaired) electrons. The van der Waals surface area contributed by atoms with E-state index < -0.39 is 0 Å². The highest BCUT2D eigenvalue weighted by Crippen LogP contribution is 2.26. The van der Waals surface area contributed by atoms with E-state index in [9.17, 15) is 0 Å². The summed E-state index contributed by atoms with van der Waals surface area (Å²) in [5, 5.41) is 4.33. The predicted octanol–water partition coefficient (Wildman–Crippen LogP) is 1.27. The van der Waals surface area contributed by atoms with Crippen molar-refractivity contribution >= 4 is 29.4 Å². The lowest BCUT2D eigenvalue weighted by molar-refractivity contribution is 0.551. The number of aryl methyl sites for hydroxylation is 1. The molecule has 0 bridgehead atoms. The molecule has 64 valence electrons. The van der Waals surface area contributed by atoms with Crippen LogP contribution in [0.2, 0.25) is 0 Å². The van der Waals surface area contributed by atoms with E-state index in [1.165, 1.54) is 0 Å². The summed E-state index contributed by atoms with van der Waals surface area (Å²) >= 11 is 3.43. The highest BCUT2D eigenvalue weighted by atomic mass is 79.9. The molecule has 0 saturated carbocycles. The molecule has 0 aromatic carbocycles. The average molecular weight is 227 g/mol. The molecule has 4 heteroatoms. The molecule has 0 N–H and O–H groups in total. The van der Waals surface area contributed by atoms with Gasteiger partial charge in [-0.1, -0.05) is 20.8 Å². The Labute approximate surface area is 82.9 Å². The van der Waals surface area contributed by atoms with Gasteiger partial charge in [-0.05, 0) is 21.5 Å². The molecule has 0 spiro atoms. The van der Waals surface area contributed by atoms with Gasteiger partial charge < -0.3 is 0 Å². The molecule has 2 nitrogen and oxygen atoms in total. The van der Waals surface area contributed by atoms with E-state index in [1.807, 2.05) is 7.05 Å². The molecule has 0 unspecified atom stereocenters. The lowest BCUT2D eigenvalue weighted by atomic mass is 9.90.